The van der Waals surface area contributed by atoms with E-state index in [0.717, 1.165) is 38.9 Å². The molecule has 120 valence electrons. The van der Waals surface area contributed by atoms with Gasteiger partial charge in [0, 0.05) is 18.6 Å². The maximum atomic E-state index is 11.7. The zero-order valence-corrected chi connectivity index (χ0v) is 13.2. The Morgan fingerprint density at radius 2 is 1.95 bits per heavy atom. The van der Waals surface area contributed by atoms with E-state index in [1.807, 2.05) is 6.92 Å². The van der Waals surface area contributed by atoms with Gasteiger partial charge in [0.15, 0.2) is 0 Å². The van der Waals surface area contributed by atoms with Gasteiger partial charge < -0.3 is 10.4 Å². The van der Waals surface area contributed by atoms with Crippen molar-refractivity contribution in [1.29, 1.82) is 0 Å². The molecule has 0 bridgehead atoms. The summed E-state index contributed by atoms with van der Waals surface area (Å²) >= 11 is 0. The Balaban J connectivity index is 1.66. The molecule has 0 radical (unpaired) electrons. The van der Waals surface area contributed by atoms with E-state index in [-0.39, 0.29) is 0 Å². The lowest BCUT2D eigenvalue weighted by Crippen LogP contribution is -2.51. The molecule has 3 atom stereocenters. The second-order valence-corrected chi connectivity index (χ2v) is 6.99. The summed E-state index contributed by atoms with van der Waals surface area (Å²) < 4.78 is 0. The van der Waals surface area contributed by atoms with Crippen molar-refractivity contribution in [2.24, 2.45) is 0 Å². The van der Waals surface area contributed by atoms with Crippen molar-refractivity contribution in [2.75, 3.05) is 32.7 Å². The number of aliphatic carboxylic acids is 1. The largest absolute Gasteiger partial charge is 0.480 e. The minimum Gasteiger partial charge on any atom is -0.480 e. The number of rotatable bonds is 4. The molecule has 3 unspecified atom stereocenters. The van der Waals surface area contributed by atoms with E-state index >= 15 is 0 Å². The zero-order valence-electron chi connectivity index (χ0n) is 13.2. The minimum absolute atomic E-state index is 0.445. The van der Waals surface area contributed by atoms with Crippen LogP contribution in [0.3, 0.4) is 0 Å². The van der Waals surface area contributed by atoms with Gasteiger partial charge in [0.05, 0.1) is 0 Å². The van der Waals surface area contributed by atoms with Crippen molar-refractivity contribution >= 4 is 5.97 Å². The third-order valence-corrected chi connectivity index (χ3v) is 5.76. The van der Waals surface area contributed by atoms with Crippen LogP contribution in [0.4, 0.5) is 0 Å². The summed E-state index contributed by atoms with van der Waals surface area (Å²) in [5.74, 6) is -0.663. The first kappa shape index (κ1) is 15.3. The maximum Gasteiger partial charge on any atom is 0.323 e. The summed E-state index contributed by atoms with van der Waals surface area (Å²) in [5.41, 5.74) is -0.679. The fourth-order valence-corrected chi connectivity index (χ4v) is 4.67. The number of fused-ring (bicyclic) bond motifs is 1. The molecular weight excluding hydrogens is 266 g/mol. The smallest absolute Gasteiger partial charge is 0.323 e. The topological polar surface area (TPSA) is 55.8 Å². The molecular formula is C16H29N3O2. The normalized spacial score (nSPS) is 38.3. The molecule has 3 fully saturated rings. The van der Waals surface area contributed by atoms with Gasteiger partial charge in [-0.3, -0.25) is 14.6 Å². The number of carboxylic acids is 1. The fourth-order valence-electron chi connectivity index (χ4n) is 4.67. The Morgan fingerprint density at radius 1 is 1.19 bits per heavy atom. The van der Waals surface area contributed by atoms with Gasteiger partial charge in [-0.05, 0) is 64.7 Å². The number of likely N-dealkylation sites (N-methyl/N-ethyl adjacent to an activating group) is 1. The third kappa shape index (κ3) is 2.96. The van der Waals surface area contributed by atoms with Gasteiger partial charge in [-0.15, -0.1) is 0 Å². The lowest BCUT2D eigenvalue weighted by atomic mass is 9.97. The maximum absolute atomic E-state index is 11.7. The quantitative estimate of drug-likeness (QED) is 0.814. The molecule has 5 heteroatoms. The number of nitrogens with zero attached hydrogens (tertiary/aromatic N) is 2. The second kappa shape index (κ2) is 6.23. The number of carbonyl (C=O) groups is 1. The number of hydrogen-bond acceptors (Lipinski definition) is 4. The Kier molecular flexibility index (Phi) is 4.52. The van der Waals surface area contributed by atoms with Crippen LogP contribution in [0.1, 0.15) is 45.4 Å². The van der Waals surface area contributed by atoms with Gasteiger partial charge in [-0.25, -0.2) is 0 Å². The van der Waals surface area contributed by atoms with Crippen molar-refractivity contribution in [2.45, 2.75) is 63.1 Å². The van der Waals surface area contributed by atoms with Crippen molar-refractivity contribution in [3.63, 3.8) is 0 Å². The highest BCUT2D eigenvalue weighted by atomic mass is 16.4. The highest BCUT2D eigenvalue weighted by Gasteiger charge is 2.47. The summed E-state index contributed by atoms with van der Waals surface area (Å²) in [4.78, 5) is 16.9. The molecule has 3 aliphatic rings. The van der Waals surface area contributed by atoms with Crippen molar-refractivity contribution in [1.82, 2.24) is 15.1 Å². The molecule has 1 saturated carbocycles. The van der Waals surface area contributed by atoms with E-state index in [4.69, 9.17) is 0 Å². The number of hydrogen-bond donors (Lipinski definition) is 2. The first-order valence-electron chi connectivity index (χ1n) is 8.61. The average molecular weight is 295 g/mol. The third-order valence-electron chi connectivity index (χ3n) is 5.76. The molecule has 0 amide bonds. The SMILES string of the molecule is CCNC1(C(=O)O)CCC(N2CCCN3CCCC3C2)C1. The molecule has 0 aromatic heterocycles. The second-order valence-electron chi connectivity index (χ2n) is 6.99. The van der Waals surface area contributed by atoms with Crippen LogP contribution < -0.4 is 5.32 Å². The van der Waals surface area contributed by atoms with Gasteiger partial charge in [-0.1, -0.05) is 6.92 Å². The summed E-state index contributed by atoms with van der Waals surface area (Å²) in [7, 11) is 0. The van der Waals surface area contributed by atoms with Gasteiger partial charge >= 0.3 is 5.97 Å². The van der Waals surface area contributed by atoms with Crippen molar-refractivity contribution < 1.29 is 9.90 Å². The molecule has 2 saturated heterocycles. The molecule has 2 heterocycles. The van der Waals surface area contributed by atoms with Gasteiger partial charge in [0.25, 0.3) is 0 Å². The molecule has 2 N–H and O–H groups in total. The summed E-state index contributed by atoms with van der Waals surface area (Å²) in [5, 5.41) is 12.9. The molecule has 5 nitrogen and oxygen atoms in total. The molecule has 0 aromatic carbocycles. The van der Waals surface area contributed by atoms with Crippen LogP contribution in [0, 0.1) is 0 Å². The number of carboxylic acid groups (broad SMARTS) is 1. The lowest BCUT2D eigenvalue weighted by molar-refractivity contribution is -0.144. The number of nitrogens with one attached hydrogen (secondary N) is 1. The van der Waals surface area contributed by atoms with Crippen LogP contribution in [0.25, 0.3) is 0 Å². The molecule has 2 aliphatic heterocycles. The fraction of sp³-hybridized carbons (Fsp3) is 0.938. The van der Waals surface area contributed by atoms with E-state index < -0.39 is 11.5 Å². The van der Waals surface area contributed by atoms with Crippen LogP contribution in [0.2, 0.25) is 0 Å². The highest BCUT2D eigenvalue weighted by molar-refractivity contribution is 5.79. The molecule has 21 heavy (non-hydrogen) atoms. The van der Waals surface area contributed by atoms with Gasteiger partial charge in [-0.2, -0.15) is 0 Å². The molecule has 0 spiro atoms. The monoisotopic (exact) mass is 295 g/mol. The Bertz CT molecular complexity index is 390. The lowest BCUT2D eigenvalue weighted by Gasteiger charge is -2.32. The zero-order chi connectivity index (χ0) is 14.9. The first-order valence-corrected chi connectivity index (χ1v) is 8.61. The van der Waals surface area contributed by atoms with Crippen LogP contribution in [-0.4, -0.2) is 71.2 Å². The molecule has 3 rings (SSSR count). The molecule has 0 aromatic rings. The summed E-state index contributed by atoms with van der Waals surface area (Å²) in [6.45, 7) is 7.51. The van der Waals surface area contributed by atoms with E-state index in [2.05, 4.69) is 15.1 Å². The highest BCUT2D eigenvalue weighted by Crippen LogP contribution is 2.35. The predicted molar refractivity (Wildman–Crippen MR) is 82.5 cm³/mol. The van der Waals surface area contributed by atoms with E-state index in [0.29, 0.717) is 12.1 Å². The predicted octanol–water partition coefficient (Wildman–Crippen LogP) is 1.14. The first-order chi connectivity index (χ1) is 10.1. The van der Waals surface area contributed by atoms with Crippen LogP contribution in [0.15, 0.2) is 0 Å². The van der Waals surface area contributed by atoms with Crippen LogP contribution >= 0.6 is 0 Å². The van der Waals surface area contributed by atoms with Gasteiger partial charge in [0.2, 0.25) is 0 Å². The van der Waals surface area contributed by atoms with E-state index in [9.17, 15) is 9.90 Å². The van der Waals surface area contributed by atoms with E-state index in [1.54, 1.807) is 0 Å². The van der Waals surface area contributed by atoms with Gasteiger partial charge in [0.1, 0.15) is 5.54 Å². The van der Waals surface area contributed by atoms with E-state index in [1.165, 1.54) is 32.4 Å². The summed E-state index contributed by atoms with van der Waals surface area (Å²) in [6, 6.07) is 1.16. The molecule has 1 aliphatic carbocycles. The Hall–Kier alpha value is -0.650. The minimum atomic E-state index is -0.679. The van der Waals surface area contributed by atoms with Crippen molar-refractivity contribution in [3.8, 4) is 0 Å². The Labute approximate surface area is 127 Å². The van der Waals surface area contributed by atoms with Crippen molar-refractivity contribution in [3.05, 3.63) is 0 Å². The van der Waals surface area contributed by atoms with Crippen LogP contribution in [0.5, 0.6) is 0 Å². The Morgan fingerprint density at radius 3 is 2.71 bits per heavy atom. The standard InChI is InChI=1S/C16H29N3O2/c1-2-17-16(15(20)21)7-6-13(11-16)19-10-4-9-18-8-3-5-14(18)12-19/h13-14,17H,2-12H2,1H3,(H,20,21). The summed E-state index contributed by atoms with van der Waals surface area (Å²) in [6.07, 6.45) is 6.44. The van der Waals surface area contributed by atoms with Crippen LogP contribution in [-0.2, 0) is 4.79 Å². The average Bonchev–Trinajstić information content (AvgIpc) is 3.03.